The fourth-order valence-electron chi connectivity index (χ4n) is 3.99. The van der Waals surface area contributed by atoms with E-state index in [0.29, 0.717) is 34.1 Å². The number of nitrogens with zero attached hydrogens (tertiary/aromatic N) is 1. The second-order valence-electron chi connectivity index (χ2n) is 8.03. The van der Waals surface area contributed by atoms with E-state index < -0.39 is 23.6 Å². The van der Waals surface area contributed by atoms with Crippen molar-refractivity contribution in [3.05, 3.63) is 89.7 Å². The van der Waals surface area contributed by atoms with Crippen molar-refractivity contribution < 1.29 is 32.6 Å². The van der Waals surface area contributed by atoms with Gasteiger partial charge in [0, 0.05) is 16.9 Å². The Bertz CT molecular complexity index is 1420. The lowest BCUT2D eigenvalue weighted by Crippen LogP contribution is -2.41. The number of carboxylic acid groups (broad SMARTS) is 1. The highest BCUT2D eigenvalue weighted by Crippen LogP contribution is 2.33. The Morgan fingerprint density at radius 3 is 2.69 bits per heavy atom. The van der Waals surface area contributed by atoms with Gasteiger partial charge in [0.05, 0.1) is 17.5 Å². The minimum absolute atomic E-state index is 0.0805. The Morgan fingerprint density at radius 2 is 1.91 bits per heavy atom. The molecule has 178 valence electrons. The molecule has 35 heavy (non-hydrogen) atoms. The second-order valence-corrected chi connectivity index (χ2v) is 9.03. The maximum absolute atomic E-state index is 14.0. The average molecular weight is 496 g/mol. The quantitative estimate of drug-likeness (QED) is 0.378. The van der Waals surface area contributed by atoms with E-state index >= 15 is 0 Å². The summed E-state index contributed by atoms with van der Waals surface area (Å²) in [7, 11) is 0. The maximum atomic E-state index is 14.0. The van der Waals surface area contributed by atoms with Crippen LogP contribution in [-0.4, -0.2) is 39.6 Å². The number of benzene rings is 3. The molecule has 4 aromatic rings. The first-order valence-electron chi connectivity index (χ1n) is 10.7. The van der Waals surface area contributed by atoms with Crippen LogP contribution in [0, 0.1) is 11.6 Å². The summed E-state index contributed by atoms with van der Waals surface area (Å²) in [6, 6.07) is 15.4. The minimum Gasteiger partial charge on any atom is -0.489 e. The van der Waals surface area contributed by atoms with Crippen LogP contribution in [0.5, 0.6) is 5.75 Å². The second kappa shape index (κ2) is 9.42. The average Bonchev–Trinajstić information content (AvgIpc) is 3.56. The van der Waals surface area contributed by atoms with E-state index in [1.54, 1.807) is 42.5 Å². The highest BCUT2D eigenvalue weighted by Gasteiger charge is 2.35. The topological polar surface area (TPSA) is 80.0 Å². The number of hydrogen-bond acceptors (Lipinski definition) is 5. The summed E-state index contributed by atoms with van der Waals surface area (Å²) >= 11 is 1.41. The molecule has 5 rings (SSSR count). The Hall–Kier alpha value is -3.85. The largest absolute Gasteiger partial charge is 0.489 e. The number of halogens is 2. The number of amides is 1. The molecule has 0 spiro atoms. The molecule has 1 aliphatic rings. The van der Waals surface area contributed by atoms with Crippen molar-refractivity contribution in [2.24, 2.45) is 0 Å². The summed E-state index contributed by atoms with van der Waals surface area (Å²) < 4.78 is 39.2. The maximum Gasteiger partial charge on any atom is 0.327 e. The summed E-state index contributed by atoms with van der Waals surface area (Å²) in [5, 5.41) is 9.42. The van der Waals surface area contributed by atoms with Crippen LogP contribution in [0.3, 0.4) is 0 Å². The SMILES string of the molecule is O=C(O)[C@@H]1CSCN1C(=O)c1cccc(COc2ccc(-c3cc(F)c(F)c4ccoc34)cc2)c1. The molecule has 1 aliphatic heterocycles. The van der Waals surface area contributed by atoms with Gasteiger partial charge in [0.2, 0.25) is 0 Å². The van der Waals surface area contributed by atoms with Gasteiger partial charge in [-0.15, -0.1) is 11.8 Å². The first-order valence-corrected chi connectivity index (χ1v) is 11.9. The van der Waals surface area contributed by atoms with Gasteiger partial charge in [0.1, 0.15) is 24.0 Å². The number of furan rings is 1. The zero-order valence-corrected chi connectivity index (χ0v) is 19.1. The van der Waals surface area contributed by atoms with E-state index in [2.05, 4.69) is 0 Å². The molecular formula is C26H19F2NO5S. The first-order chi connectivity index (χ1) is 16.9. The van der Waals surface area contributed by atoms with E-state index in [1.165, 1.54) is 29.0 Å². The van der Waals surface area contributed by atoms with Crippen LogP contribution in [0.15, 0.2) is 71.3 Å². The zero-order chi connectivity index (χ0) is 24.5. The molecule has 6 nitrogen and oxygen atoms in total. The molecule has 1 amide bonds. The Morgan fingerprint density at radius 1 is 1.11 bits per heavy atom. The molecule has 0 aliphatic carbocycles. The van der Waals surface area contributed by atoms with Crippen molar-refractivity contribution in [3.63, 3.8) is 0 Å². The van der Waals surface area contributed by atoms with Crippen LogP contribution in [0.25, 0.3) is 22.1 Å². The van der Waals surface area contributed by atoms with Crippen molar-refractivity contribution in [3.8, 4) is 16.9 Å². The van der Waals surface area contributed by atoms with Gasteiger partial charge in [0.25, 0.3) is 5.91 Å². The number of carboxylic acids is 1. The molecule has 0 radical (unpaired) electrons. The van der Waals surface area contributed by atoms with Crippen LogP contribution in [0.2, 0.25) is 0 Å². The highest BCUT2D eigenvalue weighted by atomic mass is 32.2. The van der Waals surface area contributed by atoms with Crippen molar-refractivity contribution in [1.82, 2.24) is 4.90 Å². The summed E-state index contributed by atoms with van der Waals surface area (Å²) in [6.45, 7) is 0.186. The molecule has 0 unspecified atom stereocenters. The van der Waals surface area contributed by atoms with E-state index in [1.807, 2.05) is 6.07 Å². The molecule has 1 aromatic heterocycles. The molecule has 1 saturated heterocycles. The first kappa shape index (κ1) is 22.9. The number of fused-ring (bicyclic) bond motifs is 1. The third-order valence-electron chi connectivity index (χ3n) is 5.80. The van der Waals surface area contributed by atoms with Crippen molar-refractivity contribution in [2.45, 2.75) is 12.6 Å². The Labute approximate surface area is 203 Å². The molecule has 1 N–H and O–H groups in total. The van der Waals surface area contributed by atoms with E-state index in [-0.39, 0.29) is 23.5 Å². The molecule has 9 heteroatoms. The summed E-state index contributed by atoms with van der Waals surface area (Å²) in [5.41, 5.74) is 2.48. The fraction of sp³-hybridized carbons (Fsp3) is 0.154. The predicted molar refractivity (Wildman–Crippen MR) is 127 cm³/mol. The smallest absolute Gasteiger partial charge is 0.327 e. The lowest BCUT2D eigenvalue weighted by molar-refractivity contribution is -0.140. The summed E-state index contributed by atoms with van der Waals surface area (Å²) in [4.78, 5) is 25.6. The van der Waals surface area contributed by atoms with Gasteiger partial charge in [-0.2, -0.15) is 0 Å². The van der Waals surface area contributed by atoms with Gasteiger partial charge in [-0.3, -0.25) is 4.79 Å². The number of ether oxygens (including phenoxy) is 1. The molecule has 1 fully saturated rings. The van der Waals surface area contributed by atoms with Crippen LogP contribution in [0.4, 0.5) is 8.78 Å². The molecule has 3 aromatic carbocycles. The lowest BCUT2D eigenvalue weighted by Gasteiger charge is -2.20. The number of carbonyl (C=O) groups excluding carboxylic acids is 1. The predicted octanol–water partition coefficient (Wildman–Crippen LogP) is 5.56. The van der Waals surface area contributed by atoms with Crippen molar-refractivity contribution in [2.75, 3.05) is 11.6 Å². The molecular weight excluding hydrogens is 476 g/mol. The van der Waals surface area contributed by atoms with Gasteiger partial charge in [0.15, 0.2) is 11.6 Å². The third-order valence-corrected chi connectivity index (χ3v) is 6.81. The number of thioether (sulfide) groups is 1. The van der Waals surface area contributed by atoms with Crippen molar-refractivity contribution >= 4 is 34.6 Å². The van der Waals surface area contributed by atoms with E-state index in [4.69, 9.17) is 9.15 Å². The van der Waals surface area contributed by atoms with Crippen LogP contribution < -0.4 is 4.74 Å². The van der Waals surface area contributed by atoms with Crippen LogP contribution in [-0.2, 0) is 11.4 Å². The zero-order valence-electron chi connectivity index (χ0n) is 18.2. The standard InChI is InChI=1S/C26H19F2NO5S/c27-21-11-20(24-19(23(21)28)8-9-33-24)16-4-6-18(7-5-16)34-12-15-2-1-3-17(10-15)25(30)29-14-35-13-22(29)26(31)32/h1-11,22H,12-14H2,(H,31,32)/t22-/m0/s1. The van der Waals surface area contributed by atoms with E-state index in [9.17, 15) is 23.5 Å². The summed E-state index contributed by atoms with van der Waals surface area (Å²) in [5.74, 6) is -1.98. The Kier molecular flexibility index (Phi) is 6.17. The van der Waals surface area contributed by atoms with Gasteiger partial charge >= 0.3 is 5.97 Å². The molecule has 1 atom stereocenters. The number of aliphatic carboxylic acids is 1. The molecule has 2 heterocycles. The van der Waals surface area contributed by atoms with Crippen LogP contribution in [0.1, 0.15) is 15.9 Å². The number of rotatable bonds is 6. The van der Waals surface area contributed by atoms with Crippen LogP contribution >= 0.6 is 11.8 Å². The molecule has 0 saturated carbocycles. The lowest BCUT2D eigenvalue weighted by atomic mass is 10.0. The Balaban J connectivity index is 1.29. The number of carbonyl (C=O) groups is 2. The van der Waals surface area contributed by atoms with Gasteiger partial charge in [-0.1, -0.05) is 24.3 Å². The minimum atomic E-state index is -1.01. The third kappa shape index (κ3) is 4.46. The van der Waals surface area contributed by atoms with Crippen molar-refractivity contribution in [1.29, 1.82) is 0 Å². The van der Waals surface area contributed by atoms with Gasteiger partial charge in [-0.05, 0) is 47.5 Å². The number of hydrogen-bond donors (Lipinski definition) is 1. The van der Waals surface area contributed by atoms with Gasteiger partial charge in [-0.25, -0.2) is 13.6 Å². The fourth-order valence-corrected chi connectivity index (χ4v) is 5.14. The summed E-state index contributed by atoms with van der Waals surface area (Å²) in [6.07, 6.45) is 1.32. The normalized spacial score (nSPS) is 15.5. The van der Waals surface area contributed by atoms with E-state index in [0.717, 1.165) is 11.6 Å². The molecule has 0 bridgehead atoms. The monoisotopic (exact) mass is 495 g/mol. The highest BCUT2D eigenvalue weighted by molar-refractivity contribution is 7.99. The van der Waals surface area contributed by atoms with Gasteiger partial charge < -0.3 is 19.2 Å².